The Bertz CT molecular complexity index is 479. The van der Waals surface area contributed by atoms with E-state index in [0.29, 0.717) is 11.8 Å². The van der Waals surface area contributed by atoms with Crippen molar-refractivity contribution >= 4 is 35.8 Å². The number of carbonyl (C=O) groups is 1. The molecule has 4 nitrogen and oxygen atoms in total. The largest absolute Gasteiger partial charge is 0.377 e. The van der Waals surface area contributed by atoms with Crippen molar-refractivity contribution in [2.75, 3.05) is 25.0 Å². The van der Waals surface area contributed by atoms with Crippen molar-refractivity contribution in [3.05, 3.63) is 29.8 Å². The number of amides is 1. The fourth-order valence-corrected chi connectivity index (χ4v) is 3.06. The molecule has 2 N–H and O–H groups in total. The van der Waals surface area contributed by atoms with Crippen LogP contribution in [-0.4, -0.2) is 37.0 Å². The van der Waals surface area contributed by atoms with Gasteiger partial charge in [0, 0.05) is 24.6 Å². The summed E-state index contributed by atoms with van der Waals surface area (Å²) < 4.78 is 5.52. The van der Waals surface area contributed by atoms with Crippen molar-refractivity contribution < 1.29 is 9.53 Å². The molecule has 1 amide bonds. The second-order valence-corrected chi connectivity index (χ2v) is 7.44. The highest BCUT2D eigenvalue weighted by atomic mass is 35.5. The number of halogens is 1. The molecule has 0 aromatic heterocycles. The van der Waals surface area contributed by atoms with Gasteiger partial charge in [-0.05, 0) is 35.8 Å². The average Bonchev–Trinajstić information content (AvgIpc) is 2.99. The van der Waals surface area contributed by atoms with Gasteiger partial charge in [-0.1, -0.05) is 26.0 Å². The standard InChI is InChI=1S/C17H26N2O2S.ClH/c1-13(2)22-12-14-5-3-6-15(9-14)19-17(20)11-18-10-16-7-4-8-21-16;/h3,5-6,9,13,16,18H,4,7-8,10-12H2,1-2H3,(H,19,20);1H. The summed E-state index contributed by atoms with van der Waals surface area (Å²) in [5.41, 5.74) is 2.11. The maximum Gasteiger partial charge on any atom is 0.238 e. The van der Waals surface area contributed by atoms with Crippen molar-refractivity contribution in [2.45, 2.75) is 43.8 Å². The molecule has 1 aromatic rings. The molecule has 0 spiro atoms. The fourth-order valence-electron chi connectivity index (χ4n) is 2.36. The van der Waals surface area contributed by atoms with E-state index < -0.39 is 0 Å². The smallest absolute Gasteiger partial charge is 0.238 e. The lowest BCUT2D eigenvalue weighted by Gasteiger charge is -2.11. The maximum atomic E-state index is 11.9. The van der Waals surface area contributed by atoms with Crippen molar-refractivity contribution in [3.8, 4) is 0 Å². The number of carbonyl (C=O) groups excluding carboxylic acids is 1. The van der Waals surface area contributed by atoms with Gasteiger partial charge in [-0.3, -0.25) is 4.79 Å². The summed E-state index contributed by atoms with van der Waals surface area (Å²) in [6, 6.07) is 8.07. The van der Waals surface area contributed by atoms with E-state index in [2.05, 4.69) is 30.5 Å². The van der Waals surface area contributed by atoms with Crippen molar-refractivity contribution in [2.24, 2.45) is 0 Å². The first kappa shape index (κ1) is 20.3. The third kappa shape index (κ3) is 8.06. The van der Waals surface area contributed by atoms with Gasteiger partial charge < -0.3 is 15.4 Å². The van der Waals surface area contributed by atoms with Gasteiger partial charge in [-0.2, -0.15) is 11.8 Å². The first-order valence-corrected chi connectivity index (χ1v) is 9.01. The zero-order valence-corrected chi connectivity index (χ0v) is 15.5. The average molecular weight is 359 g/mol. The number of ether oxygens (including phenoxy) is 1. The van der Waals surface area contributed by atoms with Crippen LogP contribution in [0.1, 0.15) is 32.3 Å². The lowest BCUT2D eigenvalue weighted by molar-refractivity contribution is -0.115. The molecule has 0 radical (unpaired) electrons. The van der Waals surface area contributed by atoms with Crippen LogP contribution >= 0.6 is 24.2 Å². The van der Waals surface area contributed by atoms with Crippen LogP contribution in [0.3, 0.4) is 0 Å². The van der Waals surface area contributed by atoms with Crippen molar-refractivity contribution in [3.63, 3.8) is 0 Å². The first-order valence-electron chi connectivity index (χ1n) is 7.96. The molecular formula is C17H27ClN2O2S. The normalized spacial score (nSPS) is 17.1. The Labute approximate surface area is 149 Å². The molecule has 1 heterocycles. The lowest BCUT2D eigenvalue weighted by Crippen LogP contribution is -2.33. The molecule has 1 aliphatic rings. The molecule has 1 fully saturated rings. The lowest BCUT2D eigenvalue weighted by atomic mass is 10.2. The molecule has 0 saturated carbocycles. The van der Waals surface area contributed by atoms with Crippen LogP contribution < -0.4 is 10.6 Å². The maximum absolute atomic E-state index is 11.9. The monoisotopic (exact) mass is 358 g/mol. The molecule has 23 heavy (non-hydrogen) atoms. The molecule has 1 aliphatic heterocycles. The summed E-state index contributed by atoms with van der Waals surface area (Å²) in [4.78, 5) is 11.9. The van der Waals surface area contributed by atoms with E-state index in [-0.39, 0.29) is 24.4 Å². The quantitative estimate of drug-likeness (QED) is 0.747. The summed E-state index contributed by atoms with van der Waals surface area (Å²) in [6.07, 6.45) is 2.48. The Morgan fingerprint density at radius 2 is 2.26 bits per heavy atom. The van der Waals surface area contributed by atoms with Gasteiger partial charge >= 0.3 is 0 Å². The second kappa shape index (κ2) is 10.9. The van der Waals surface area contributed by atoms with E-state index in [4.69, 9.17) is 4.74 Å². The highest BCUT2D eigenvalue weighted by Crippen LogP contribution is 2.19. The van der Waals surface area contributed by atoms with Crippen LogP contribution in [0.5, 0.6) is 0 Å². The molecule has 1 unspecified atom stereocenters. The van der Waals surface area contributed by atoms with Crippen molar-refractivity contribution in [1.82, 2.24) is 5.32 Å². The van der Waals surface area contributed by atoms with Gasteiger partial charge in [0.2, 0.25) is 5.91 Å². The summed E-state index contributed by atoms with van der Waals surface area (Å²) >= 11 is 1.90. The van der Waals surface area contributed by atoms with E-state index in [1.54, 1.807) is 0 Å². The number of rotatable bonds is 8. The fraction of sp³-hybridized carbons (Fsp3) is 0.588. The number of hydrogen-bond donors (Lipinski definition) is 2. The minimum atomic E-state index is -0.00772. The minimum absolute atomic E-state index is 0. The van der Waals surface area contributed by atoms with Crippen LogP contribution in [0.2, 0.25) is 0 Å². The molecule has 6 heteroatoms. The molecule has 2 rings (SSSR count). The molecule has 0 bridgehead atoms. The minimum Gasteiger partial charge on any atom is -0.377 e. The third-order valence-corrected chi connectivity index (χ3v) is 4.64. The Balaban J connectivity index is 0.00000264. The number of thioether (sulfide) groups is 1. The third-order valence-electron chi connectivity index (χ3n) is 3.48. The van der Waals surface area contributed by atoms with E-state index in [0.717, 1.165) is 37.4 Å². The number of nitrogens with one attached hydrogen (secondary N) is 2. The van der Waals surface area contributed by atoms with Crippen LogP contribution in [0.25, 0.3) is 0 Å². The zero-order valence-electron chi connectivity index (χ0n) is 13.8. The van der Waals surface area contributed by atoms with E-state index >= 15 is 0 Å². The molecule has 1 atom stereocenters. The summed E-state index contributed by atoms with van der Waals surface area (Å²) in [5.74, 6) is 0.963. The SMILES string of the molecule is CC(C)SCc1cccc(NC(=O)CNCC2CCCO2)c1.Cl. The Hall–Kier alpha value is -0.750. The van der Waals surface area contributed by atoms with Crippen LogP contribution in [0.4, 0.5) is 5.69 Å². The number of hydrogen-bond acceptors (Lipinski definition) is 4. The molecule has 1 saturated heterocycles. The van der Waals surface area contributed by atoms with E-state index in [1.807, 2.05) is 30.0 Å². The Morgan fingerprint density at radius 3 is 2.96 bits per heavy atom. The molecule has 1 aromatic carbocycles. The molecule has 0 aliphatic carbocycles. The molecular weight excluding hydrogens is 332 g/mol. The van der Waals surface area contributed by atoms with Gasteiger partial charge in [0.15, 0.2) is 0 Å². The highest BCUT2D eigenvalue weighted by molar-refractivity contribution is 7.99. The summed E-state index contributed by atoms with van der Waals surface area (Å²) in [7, 11) is 0. The number of benzene rings is 1. The zero-order chi connectivity index (χ0) is 15.8. The Kier molecular flexibility index (Phi) is 9.63. The predicted molar refractivity (Wildman–Crippen MR) is 101 cm³/mol. The van der Waals surface area contributed by atoms with Gasteiger partial charge in [-0.15, -0.1) is 12.4 Å². The summed E-state index contributed by atoms with van der Waals surface area (Å²) in [6.45, 7) is 6.30. The predicted octanol–water partition coefficient (Wildman–Crippen LogP) is 3.46. The Morgan fingerprint density at radius 1 is 1.43 bits per heavy atom. The highest BCUT2D eigenvalue weighted by Gasteiger charge is 2.15. The summed E-state index contributed by atoms with van der Waals surface area (Å²) in [5, 5.41) is 6.72. The topological polar surface area (TPSA) is 50.4 Å². The van der Waals surface area contributed by atoms with Gasteiger partial charge in [0.05, 0.1) is 12.6 Å². The van der Waals surface area contributed by atoms with Gasteiger partial charge in [-0.25, -0.2) is 0 Å². The van der Waals surface area contributed by atoms with Gasteiger partial charge in [0.1, 0.15) is 0 Å². The van der Waals surface area contributed by atoms with Crippen LogP contribution in [0.15, 0.2) is 24.3 Å². The van der Waals surface area contributed by atoms with Crippen molar-refractivity contribution in [1.29, 1.82) is 0 Å². The van der Waals surface area contributed by atoms with E-state index in [9.17, 15) is 4.79 Å². The first-order chi connectivity index (χ1) is 10.6. The van der Waals surface area contributed by atoms with Gasteiger partial charge in [0.25, 0.3) is 0 Å². The molecule has 130 valence electrons. The number of anilines is 1. The van der Waals surface area contributed by atoms with E-state index in [1.165, 1.54) is 5.56 Å². The van der Waals surface area contributed by atoms with Crippen LogP contribution in [0, 0.1) is 0 Å². The van der Waals surface area contributed by atoms with Crippen LogP contribution in [-0.2, 0) is 15.3 Å². The second-order valence-electron chi connectivity index (χ2n) is 5.87.